The molecule has 9 rings (SSSR count). The molecule has 0 atom stereocenters. The standard InChI is InChI=1S/C37H25N3.C13H12/c38-23-24-16-19-35(34(39)20-24)40-29-11-7-10-27(22-29)36-30-12-3-5-14-32(30)37(33-15-6-4-13-31(33)36)28-18-17-25-8-1-2-9-26(25)21-28;1-11-6-5-9-13(10-11)12-7-3-2-4-8-12/h1-22,40H,39H2;2-10H,1H3. The van der Waals surface area contributed by atoms with Crippen molar-refractivity contribution in [2.45, 2.75) is 6.92 Å². The summed E-state index contributed by atoms with van der Waals surface area (Å²) in [4.78, 5) is 0. The summed E-state index contributed by atoms with van der Waals surface area (Å²) in [7, 11) is 0. The number of nitrogens with two attached hydrogens (primary N) is 1. The lowest BCUT2D eigenvalue weighted by molar-refractivity contribution is 1.47. The van der Waals surface area contributed by atoms with E-state index in [1.54, 1.807) is 12.1 Å². The van der Waals surface area contributed by atoms with Gasteiger partial charge in [0.1, 0.15) is 0 Å². The van der Waals surface area contributed by atoms with Crippen LogP contribution in [0.1, 0.15) is 11.1 Å². The third kappa shape index (κ3) is 6.82. The highest BCUT2D eigenvalue weighted by Gasteiger charge is 2.17. The fourth-order valence-corrected chi connectivity index (χ4v) is 7.20. The van der Waals surface area contributed by atoms with Crippen molar-refractivity contribution in [1.29, 1.82) is 5.26 Å². The van der Waals surface area contributed by atoms with Gasteiger partial charge in [-0.1, -0.05) is 157 Å². The van der Waals surface area contributed by atoms with Crippen molar-refractivity contribution in [2.75, 3.05) is 11.1 Å². The third-order valence-corrected chi connectivity index (χ3v) is 9.71. The number of anilines is 3. The zero-order valence-corrected chi connectivity index (χ0v) is 29.4. The lowest BCUT2D eigenvalue weighted by Gasteiger charge is -2.18. The maximum Gasteiger partial charge on any atom is 0.0992 e. The molecule has 0 aliphatic carbocycles. The average Bonchev–Trinajstić information content (AvgIpc) is 3.21. The molecule has 0 saturated carbocycles. The fourth-order valence-electron chi connectivity index (χ4n) is 7.20. The van der Waals surface area contributed by atoms with E-state index in [9.17, 15) is 5.26 Å². The van der Waals surface area contributed by atoms with Crippen LogP contribution in [0.25, 0.3) is 65.7 Å². The molecule has 0 heterocycles. The number of benzene rings is 9. The van der Waals surface area contributed by atoms with Crippen LogP contribution in [0, 0.1) is 18.3 Å². The molecule has 0 unspecified atom stereocenters. The number of aryl methyl sites for hydroxylation is 1. The van der Waals surface area contributed by atoms with Gasteiger partial charge in [0.2, 0.25) is 0 Å². The Kier molecular flexibility index (Phi) is 9.10. The highest BCUT2D eigenvalue weighted by Crippen LogP contribution is 2.44. The van der Waals surface area contributed by atoms with Gasteiger partial charge in [-0.25, -0.2) is 0 Å². The van der Waals surface area contributed by atoms with E-state index in [2.05, 4.69) is 176 Å². The van der Waals surface area contributed by atoms with Crippen LogP contribution in [-0.4, -0.2) is 0 Å². The molecule has 0 amide bonds. The lowest BCUT2D eigenvalue weighted by Crippen LogP contribution is -1.97. The molecule has 0 bridgehead atoms. The van der Waals surface area contributed by atoms with Crippen LogP contribution in [-0.2, 0) is 0 Å². The minimum Gasteiger partial charge on any atom is -0.397 e. The van der Waals surface area contributed by atoms with Crippen LogP contribution < -0.4 is 11.1 Å². The molecular formula is C50H37N3. The molecule has 0 aliphatic heterocycles. The molecule has 0 radical (unpaired) electrons. The number of rotatable bonds is 5. The Hall–Kier alpha value is -7.15. The van der Waals surface area contributed by atoms with E-state index in [0.29, 0.717) is 11.3 Å². The van der Waals surface area contributed by atoms with Crippen molar-refractivity contribution in [3.63, 3.8) is 0 Å². The summed E-state index contributed by atoms with van der Waals surface area (Å²) in [6.07, 6.45) is 0. The van der Waals surface area contributed by atoms with E-state index in [0.717, 1.165) is 16.9 Å². The summed E-state index contributed by atoms with van der Waals surface area (Å²) in [5.41, 5.74) is 17.7. The average molecular weight is 680 g/mol. The van der Waals surface area contributed by atoms with Gasteiger partial charge in [-0.15, -0.1) is 0 Å². The van der Waals surface area contributed by atoms with Gasteiger partial charge in [-0.2, -0.15) is 5.26 Å². The number of hydrogen-bond acceptors (Lipinski definition) is 3. The van der Waals surface area contributed by atoms with Crippen LogP contribution in [0.3, 0.4) is 0 Å². The van der Waals surface area contributed by atoms with Gasteiger partial charge >= 0.3 is 0 Å². The Labute approximate surface area is 310 Å². The van der Waals surface area contributed by atoms with Gasteiger partial charge in [0.05, 0.1) is 23.0 Å². The zero-order valence-electron chi connectivity index (χ0n) is 29.4. The van der Waals surface area contributed by atoms with E-state index in [4.69, 9.17) is 5.73 Å². The van der Waals surface area contributed by atoms with Crippen LogP contribution in [0.15, 0.2) is 188 Å². The van der Waals surface area contributed by atoms with Gasteiger partial charge in [-0.05, 0) is 109 Å². The molecule has 9 aromatic rings. The largest absolute Gasteiger partial charge is 0.397 e. The molecule has 3 heteroatoms. The minimum absolute atomic E-state index is 0.542. The second-order valence-corrected chi connectivity index (χ2v) is 13.3. The number of nitrogen functional groups attached to an aromatic ring is 1. The van der Waals surface area contributed by atoms with Crippen molar-refractivity contribution in [3.8, 4) is 39.4 Å². The molecular weight excluding hydrogens is 643 g/mol. The molecule has 0 aliphatic rings. The van der Waals surface area contributed by atoms with Crippen LogP contribution in [0.5, 0.6) is 0 Å². The first-order valence-electron chi connectivity index (χ1n) is 17.8. The number of nitrogens with one attached hydrogen (secondary N) is 1. The number of nitriles is 1. The zero-order chi connectivity index (χ0) is 36.1. The topological polar surface area (TPSA) is 61.8 Å². The molecule has 0 fully saturated rings. The van der Waals surface area contributed by atoms with Crippen molar-refractivity contribution in [1.82, 2.24) is 0 Å². The first-order chi connectivity index (χ1) is 26.1. The summed E-state index contributed by atoms with van der Waals surface area (Å²) in [5.74, 6) is 0. The highest BCUT2D eigenvalue weighted by molar-refractivity contribution is 6.21. The molecule has 53 heavy (non-hydrogen) atoms. The van der Waals surface area contributed by atoms with E-state index in [1.165, 1.54) is 65.7 Å². The van der Waals surface area contributed by atoms with Gasteiger partial charge in [0, 0.05) is 5.69 Å². The van der Waals surface area contributed by atoms with Crippen LogP contribution in [0.2, 0.25) is 0 Å². The van der Waals surface area contributed by atoms with E-state index >= 15 is 0 Å². The molecule has 3 N–H and O–H groups in total. The van der Waals surface area contributed by atoms with Crippen LogP contribution >= 0.6 is 0 Å². The third-order valence-electron chi connectivity index (χ3n) is 9.71. The predicted molar refractivity (Wildman–Crippen MR) is 225 cm³/mol. The van der Waals surface area contributed by atoms with Crippen LogP contribution in [0.4, 0.5) is 17.1 Å². The molecule has 0 spiro atoms. The minimum atomic E-state index is 0.542. The summed E-state index contributed by atoms with van der Waals surface area (Å²) < 4.78 is 0. The number of hydrogen-bond donors (Lipinski definition) is 2. The van der Waals surface area contributed by atoms with Gasteiger partial charge < -0.3 is 11.1 Å². The van der Waals surface area contributed by atoms with E-state index in [-0.39, 0.29) is 0 Å². The Morgan fingerprint density at radius 1 is 0.453 bits per heavy atom. The van der Waals surface area contributed by atoms with Gasteiger partial charge in [0.25, 0.3) is 0 Å². The molecule has 0 aromatic heterocycles. The highest BCUT2D eigenvalue weighted by atomic mass is 14.9. The maximum atomic E-state index is 9.19. The van der Waals surface area contributed by atoms with E-state index < -0.39 is 0 Å². The van der Waals surface area contributed by atoms with Crippen molar-refractivity contribution < 1.29 is 0 Å². The van der Waals surface area contributed by atoms with Crippen molar-refractivity contribution in [2.24, 2.45) is 0 Å². The summed E-state index contributed by atoms with van der Waals surface area (Å²) in [5, 5.41) is 20.0. The van der Waals surface area contributed by atoms with Gasteiger partial charge in [0.15, 0.2) is 0 Å². The molecule has 0 saturated heterocycles. The first kappa shape index (κ1) is 33.0. The molecule has 3 nitrogen and oxygen atoms in total. The van der Waals surface area contributed by atoms with E-state index in [1.807, 2.05) is 18.2 Å². The molecule has 9 aromatic carbocycles. The summed E-state index contributed by atoms with van der Waals surface area (Å²) >= 11 is 0. The van der Waals surface area contributed by atoms with Gasteiger partial charge in [-0.3, -0.25) is 0 Å². The number of fused-ring (bicyclic) bond motifs is 3. The van der Waals surface area contributed by atoms with Crippen molar-refractivity contribution in [3.05, 3.63) is 199 Å². The Morgan fingerprint density at radius 2 is 1.02 bits per heavy atom. The number of nitrogens with zero attached hydrogens (tertiary/aromatic N) is 1. The Morgan fingerprint density at radius 3 is 1.66 bits per heavy atom. The predicted octanol–water partition coefficient (Wildman–Crippen LogP) is 13.3. The first-order valence-corrected chi connectivity index (χ1v) is 17.8. The normalized spacial score (nSPS) is 10.8. The SMILES string of the molecule is Cc1cccc(-c2ccccc2)c1.N#Cc1ccc(Nc2cccc(-c3c4ccccc4c(-c4ccc5ccccc5c4)c4ccccc34)c2)c(N)c1. The Balaban J connectivity index is 0.000000259. The Bertz CT molecular complexity index is 2740. The lowest BCUT2D eigenvalue weighted by atomic mass is 9.85. The maximum absolute atomic E-state index is 9.19. The van der Waals surface area contributed by atoms with Crippen molar-refractivity contribution >= 4 is 49.4 Å². The molecule has 252 valence electrons. The monoisotopic (exact) mass is 679 g/mol. The second kappa shape index (κ2) is 14.6. The quantitative estimate of drug-likeness (QED) is 0.141. The second-order valence-electron chi connectivity index (χ2n) is 13.3. The summed E-state index contributed by atoms with van der Waals surface area (Å²) in [6, 6.07) is 67.5. The fraction of sp³-hybridized carbons (Fsp3) is 0.0200. The smallest absolute Gasteiger partial charge is 0.0992 e. The summed E-state index contributed by atoms with van der Waals surface area (Å²) in [6.45, 7) is 2.12.